The van der Waals surface area contributed by atoms with Crippen molar-refractivity contribution in [2.24, 2.45) is 7.05 Å². The number of imidazole rings is 1. The number of anilines is 1. The molecule has 1 aromatic carbocycles. The fourth-order valence-corrected chi connectivity index (χ4v) is 2.16. The van der Waals surface area contributed by atoms with E-state index in [-0.39, 0.29) is 16.7 Å². The van der Waals surface area contributed by atoms with Gasteiger partial charge in [-0.2, -0.15) is 0 Å². The van der Waals surface area contributed by atoms with Crippen molar-refractivity contribution in [3.63, 3.8) is 0 Å². The summed E-state index contributed by atoms with van der Waals surface area (Å²) in [7, 11) is 1.90. The molecule has 0 saturated carbocycles. The minimum Gasteiger partial charge on any atom is -0.370 e. The van der Waals surface area contributed by atoms with Crippen molar-refractivity contribution < 1.29 is 4.92 Å². The molecule has 1 heterocycles. The number of nitro benzene ring substituents is 1. The highest BCUT2D eigenvalue weighted by Gasteiger charge is 2.19. The molecule has 1 unspecified atom stereocenters. The van der Waals surface area contributed by atoms with E-state index in [1.54, 1.807) is 12.3 Å². The number of aryl methyl sites for hydroxylation is 3. The molecular weight excluding hydrogens is 256 g/mol. The first kappa shape index (κ1) is 14.0. The molecule has 0 amide bonds. The molecule has 0 fully saturated rings. The van der Waals surface area contributed by atoms with Gasteiger partial charge in [-0.15, -0.1) is 0 Å². The highest BCUT2D eigenvalue weighted by atomic mass is 16.6. The summed E-state index contributed by atoms with van der Waals surface area (Å²) in [6, 6.07) is 3.30. The Bertz CT molecular complexity index is 649. The molecule has 0 bridgehead atoms. The molecule has 0 spiro atoms. The lowest BCUT2D eigenvalue weighted by atomic mass is 10.1. The summed E-state index contributed by atoms with van der Waals surface area (Å²) in [5.41, 5.74) is 2.54. The van der Waals surface area contributed by atoms with Crippen LogP contribution < -0.4 is 5.32 Å². The molecule has 0 saturated heterocycles. The van der Waals surface area contributed by atoms with Crippen LogP contribution in [0, 0.1) is 24.0 Å². The van der Waals surface area contributed by atoms with Gasteiger partial charge in [0.2, 0.25) is 0 Å². The van der Waals surface area contributed by atoms with Gasteiger partial charge in [-0.1, -0.05) is 0 Å². The van der Waals surface area contributed by atoms with Crippen LogP contribution in [0.5, 0.6) is 0 Å². The van der Waals surface area contributed by atoms with Gasteiger partial charge in [0.1, 0.15) is 11.5 Å². The number of benzene rings is 1. The van der Waals surface area contributed by atoms with Gasteiger partial charge in [-0.05, 0) is 38.0 Å². The fourth-order valence-electron chi connectivity index (χ4n) is 2.16. The largest absolute Gasteiger partial charge is 0.370 e. The van der Waals surface area contributed by atoms with Crippen molar-refractivity contribution in [1.29, 1.82) is 0 Å². The van der Waals surface area contributed by atoms with E-state index < -0.39 is 0 Å². The summed E-state index contributed by atoms with van der Waals surface area (Å²) in [4.78, 5) is 15.1. The predicted molar refractivity (Wildman–Crippen MR) is 77.8 cm³/mol. The lowest BCUT2D eigenvalue weighted by molar-refractivity contribution is -0.384. The van der Waals surface area contributed by atoms with Gasteiger partial charge in [-0.3, -0.25) is 10.1 Å². The van der Waals surface area contributed by atoms with Crippen LogP contribution in [0.15, 0.2) is 24.5 Å². The number of nitrogens with zero attached hydrogens (tertiary/aromatic N) is 3. The summed E-state index contributed by atoms with van der Waals surface area (Å²) in [6.45, 7) is 5.74. The van der Waals surface area contributed by atoms with Crippen LogP contribution >= 0.6 is 0 Å². The minimum absolute atomic E-state index is 0.0918. The van der Waals surface area contributed by atoms with E-state index in [9.17, 15) is 10.1 Å². The first-order valence-electron chi connectivity index (χ1n) is 6.39. The molecule has 1 N–H and O–H groups in total. The Balaban J connectivity index is 2.36. The molecule has 6 heteroatoms. The van der Waals surface area contributed by atoms with Crippen molar-refractivity contribution in [3.05, 3.63) is 51.6 Å². The predicted octanol–water partition coefficient (Wildman–Crippen LogP) is 3.12. The SMILES string of the molecule is Cc1cc(NC(C)c2nccn2C)c([N+](=O)[O-])cc1C. The molecule has 0 aliphatic rings. The number of nitrogens with one attached hydrogen (secondary N) is 1. The third kappa shape index (κ3) is 2.64. The van der Waals surface area contributed by atoms with Crippen LogP contribution in [0.1, 0.15) is 29.9 Å². The zero-order chi connectivity index (χ0) is 14.9. The lowest BCUT2D eigenvalue weighted by Crippen LogP contribution is -2.13. The maximum absolute atomic E-state index is 11.2. The number of hydrogen-bond acceptors (Lipinski definition) is 4. The topological polar surface area (TPSA) is 73.0 Å². The van der Waals surface area contributed by atoms with E-state index in [2.05, 4.69) is 10.3 Å². The molecule has 2 rings (SSSR count). The summed E-state index contributed by atoms with van der Waals surface area (Å²) < 4.78 is 1.89. The highest BCUT2D eigenvalue weighted by Crippen LogP contribution is 2.30. The van der Waals surface area contributed by atoms with Crippen molar-refractivity contribution in [1.82, 2.24) is 9.55 Å². The molecule has 6 nitrogen and oxygen atoms in total. The van der Waals surface area contributed by atoms with Gasteiger partial charge in [0.25, 0.3) is 5.69 Å². The second-order valence-electron chi connectivity index (χ2n) is 4.97. The fraction of sp³-hybridized carbons (Fsp3) is 0.357. The zero-order valence-electron chi connectivity index (χ0n) is 12.0. The molecule has 2 aromatic rings. The summed E-state index contributed by atoms with van der Waals surface area (Å²) >= 11 is 0. The number of aromatic nitrogens is 2. The van der Waals surface area contributed by atoms with Crippen molar-refractivity contribution in [2.45, 2.75) is 26.8 Å². The van der Waals surface area contributed by atoms with E-state index in [4.69, 9.17) is 0 Å². The third-order valence-corrected chi connectivity index (χ3v) is 3.43. The Morgan fingerprint density at radius 2 is 2.00 bits per heavy atom. The molecule has 0 radical (unpaired) electrons. The van der Waals surface area contributed by atoms with E-state index in [0.717, 1.165) is 17.0 Å². The van der Waals surface area contributed by atoms with Gasteiger partial charge in [-0.25, -0.2) is 4.98 Å². The molecular formula is C14H18N4O2. The Labute approximate surface area is 117 Å². The molecule has 1 atom stereocenters. The lowest BCUT2D eigenvalue weighted by Gasteiger charge is -2.16. The summed E-state index contributed by atoms with van der Waals surface area (Å²) in [5, 5.41) is 14.3. The Hall–Kier alpha value is -2.37. The maximum Gasteiger partial charge on any atom is 0.292 e. The van der Waals surface area contributed by atoms with Crippen LogP contribution in [-0.4, -0.2) is 14.5 Å². The number of rotatable bonds is 4. The van der Waals surface area contributed by atoms with Gasteiger partial charge >= 0.3 is 0 Å². The Morgan fingerprint density at radius 3 is 2.55 bits per heavy atom. The van der Waals surface area contributed by atoms with Crippen LogP contribution in [0.3, 0.4) is 0 Å². The summed E-state index contributed by atoms with van der Waals surface area (Å²) in [5.74, 6) is 0.831. The zero-order valence-corrected chi connectivity index (χ0v) is 12.0. The van der Waals surface area contributed by atoms with Gasteiger partial charge in [0, 0.05) is 25.5 Å². The third-order valence-electron chi connectivity index (χ3n) is 3.43. The van der Waals surface area contributed by atoms with Gasteiger partial charge < -0.3 is 9.88 Å². The first-order valence-corrected chi connectivity index (χ1v) is 6.39. The van der Waals surface area contributed by atoms with E-state index in [1.807, 2.05) is 44.6 Å². The average molecular weight is 274 g/mol. The van der Waals surface area contributed by atoms with E-state index in [1.165, 1.54) is 0 Å². The normalized spacial score (nSPS) is 12.2. The average Bonchev–Trinajstić information content (AvgIpc) is 2.79. The molecule has 1 aromatic heterocycles. The molecule has 0 aliphatic heterocycles. The first-order chi connectivity index (χ1) is 9.40. The highest BCUT2D eigenvalue weighted by molar-refractivity contribution is 5.65. The molecule has 0 aliphatic carbocycles. The maximum atomic E-state index is 11.2. The van der Waals surface area contributed by atoms with Gasteiger partial charge in [0.05, 0.1) is 11.0 Å². The standard InChI is InChI=1S/C14H18N4O2/c1-9-7-12(13(18(19)20)8-10(9)2)16-11(3)14-15-5-6-17(14)4/h5-8,11,16H,1-4H3. The van der Waals surface area contributed by atoms with Crippen molar-refractivity contribution in [2.75, 3.05) is 5.32 Å². The van der Waals surface area contributed by atoms with Crippen molar-refractivity contribution >= 4 is 11.4 Å². The van der Waals surface area contributed by atoms with Crippen LogP contribution in [0.2, 0.25) is 0 Å². The van der Waals surface area contributed by atoms with E-state index in [0.29, 0.717) is 5.69 Å². The van der Waals surface area contributed by atoms with Crippen LogP contribution in [-0.2, 0) is 7.05 Å². The Morgan fingerprint density at radius 1 is 1.35 bits per heavy atom. The smallest absolute Gasteiger partial charge is 0.292 e. The molecule has 106 valence electrons. The number of hydrogen-bond donors (Lipinski definition) is 1. The second-order valence-corrected chi connectivity index (χ2v) is 4.97. The monoisotopic (exact) mass is 274 g/mol. The molecule has 20 heavy (non-hydrogen) atoms. The van der Waals surface area contributed by atoms with Crippen molar-refractivity contribution in [3.8, 4) is 0 Å². The van der Waals surface area contributed by atoms with Crippen LogP contribution in [0.25, 0.3) is 0 Å². The second kappa shape index (κ2) is 5.32. The quantitative estimate of drug-likeness (QED) is 0.686. The van der Waals surface area contributed by atoms with Gasteiger partial charge in [0.15, 0.2) is 0 Å². The van der Waals surface area contributed by atoms with Crippen LogP contribution in [0.4, 0.5) is 11.4 Å². The van der Waals surface area contributed by atoms with E-state index >= 15 is 0 Å². The minimum atomic E-state index is -0.361. The summed E-state index contributed by atoms with van der Waals surface area (Å²) in [6.07, 6.45) is 3.56. The Kier molecular flexibility index (Phi) is 3.74. The number of nitro groups is 1.